The first-order valence-corrected chi connectivity index (χ1v) is 7.64. The fourth-order valence-electron chi connectivity index (χ4n) is 2.52. The Morgan fingerprint density at radius 2 is 1.92 bits per heavy atom. The molecule has 0 aliphatic rings. The summed E-state index contributed by atoms with van der Waals surface area (Å²) in [6.07, 6.45) is -1.99. The van der Waals surface area contributed by atoms with Crippen LogP contribution < -0.4 is 5.32 Å². The van der Waals surface area contributed by atoms with Crippen LogP contribution in [0.15, 0.2) is 48.8 Å². The van der Waals surface area contributed by atoms with Crippen molar-refractivity contribution in [3.63, 3.8) is 0 Å². The SMILES string of the molecule is CC(NC(=O)c1cc(F)cc2cccnc12)c1ccc(C(F)(F)F)nc1. The van der Waals surface area contributed by atoms with E-state index in [1.165, 1.54) is 18.3 Å². The molecule has 26 heavy (non-hydrogen) atoms. The lowest BCUT2D eigenvalue weighted by molar-refractivity contribution is -0.141. The summed E-state index contributed by atoms with van der Waals surface area (Å²) in [5.41, 5.74) is -0.239. The molecule has 1 amide bonds. The molecule has 0 saturated carbocycles. The van der Waals surface area contributed by atoms with Crippen LogP contribution in [-0.2, 0) is 6.18 Å². The van der Waals surface area contributed by atoms with Gasteiger partial charge in [0.25, 0.3) is 5.91 Å². The monoisotopic (exact) mass is 363 g/mol. The molecule has 2 aromatic heterocycles. The lowest BCUT2D eigenvalue weighted by Gasteiger charge is -2.15. The maximum atomic E-state index is 13.7. The number of hydrogen-bond acceptors (Lipinski definition) is 3. The zero-order valence-corrected chi connectivity index (χ0v) is 13.5. The maximum Gasteiger partial charge on any atom is 0.433 e. The Morgan fingerprint density at radius 1 is 1.15 bits per heavy atom. The lowest BCUT2D eigenvalue weighted by atomic mass is 10.1. The fraction of sp³-hybridized carbons (Fsp3) is 0.167. The Bertz CT molecular complexity index is 955. The zero-order valence-electron chi connectivity index (χ0n) is 13.5. The van der Waals surface area contributed by atoms with Gasteiger partial charge < -0.3 is 5.32 Å². The Balaban J connectivity index is 1.84. The normalized spacial score (nSPS) is 12.8. The van der Waals surface area contributed by atoms with Gasteiger partial charge in [-0.2, -0.15) is 13.2 Å². The largest absolute Gasteiger partial charge is 0.433 e. The van der Waals surface area contributed by atoms with E-state index < -0.39 is 29.6 Å². The van der Waals surface area contributed by atoms with Crippen molar-refractivity contribution in [3.05, 3.63) is 71.4 Å². The fourth-order valence-corrected chi connectivity index (χ4v) is 2.52. The third kappa shape index (κ3) is 3.63. The number of hydrogen-bond donors (Lipinski definition) is 1. The molecular weight excluding hydrogens is 350 g/mol. The number of pyridine rings is 2. The van der Waals surface area contributed by atoms with Gasteiger partial charge in [-0.3, -0.25) is 14.8 Å². The van der Waals surface area contributed by atoms with Crippen LogP contribution in [0.5, 0.6) is 0 Å². The van der Waals surface area contributed by atoms with Crippen molar-refractivity contribution in [2.75, 3.05) is 0 Å². The molecule has 0 radical (unpaired) electrons. The van der Waals surface area contributed by atoms with Crippen molar-refractivity contribution < 1.29 is 22.4 Å². The molecule has 3 aromatic rings. The number of aromatic nitrogens is 2. The van der Waals surface area contributed by atoms with Gasteiger partial charge in [0.05, 0.1) is 17.1 Å². The number of nitrogens with one attached hydrogen (secondary N) is 1. The first-order chi connectivity index (χ1) is 12.3. The molecule has 1 atom stereocenters. The molecule has 0 fully saturated rings. The van der Waals surface area contributed by atoms with E-state index in [-0.39, 0.29) is 5.56 Å². The Hall–Kier alpha value is -3.03. The van der Waals surface area contributed by atoms with Gasteiger partial charge in [-0.05, 0) is 36.8 Å². The molecule has 0 aliphatic heterocycles. The summed E-state index contributed by atoms with van der Waals surface area (Å²) in [4.78, 5) is 20.0. The van der Waals surface area contributed by atoms with Crippen LogP contribution in [0.2, 0.25) is 0 Å². The quantitative estimate of drug-likeness (QED) is 0.707. The summed E-state index contributed by atoms with van der Waals surface area (Å²) < 4.78 is 51.4. The predicted molar refractivity (Wildman–Crippen MR) is 86.8 cm³/mol. The molecule has 134 valence electrons. The highest BCUT2D eigenvalue weighted by Gasteiger charge is 2.32. The van der Waals surface area contributed by atoms with Gasteiger partial charge in [-0.15, -0.1) is 0 Å². The average molecular weight is 363 g/mol. The van der Waals surface area contributed by atoms with E-state index in [0.29, 0.717) is 16.5 Å². The first kappa shape index (κ1) is 17.8. The second-order valence-corrected chi connectivity index (χ2v) is 5.70. The number of nitrogens with zero attached hydrogens (tertiary/aromatic N) is 2. The molecule has 1 unspecified atom stereocenters. The van der Waals surface area contributed by atoms with Gasteiger partial charge in [0.1, 0.15) is 11.5 Å². The molecule has 1 N–H and O–H groups in total. The molecule has 0 aliphatic carbocycles. The van der Waals surface area contributed by atoms with Gasteiger partial charge >= 0.3 is 6.18 Å². The van der Waals surface area contributed by atoms with E-state index in [9.17, 15) is 22.4 Å². The molecule has 3 rings (SSSR count). The number of halogens is 4. The highest BCUT2D eigenvalue weighted by molar-refractivity contribution is 6.05. The van der Waals surface area contributed by atoms with Gasteiger partial charge in [0, 0.05) is 17.8 Å². The number of carbonyl (C=O) groups is 1. The number of fused-ring (bicyclic) bond motifs is 1. The second-order valence-electron chi connectivity index (χ2n) is 5.70. The van der Waals surface area contributed by atoms with Crippen LogP contribution in [0.4, 0.5) is 17.6 Å². The van der Waals surface area contributed by atoms with E-state index in [0.717, 1.165) is 18.3 Å². The van der Waals surface area contributed by atoms with E-state index in [4.69, 9.17) is 0 Å². The predicted octanol–water partition coefficient (Wildman–Crippen LogP) is 4.28. The van der Waals surface area contributed by atoms with Crippen LogP contribution in [0.1, 0.15) is 34.6 Å². The molecule has 0 spiro atoms. The smallest absolute Gasteiger partial charge is 0.345 e. The summed E-state index contributed by atoms with van der Waals surface area (Å²) >= 11 is 0. The van der Waals surface area contributed by atoms with Gasteiger partial charge in [0.15, 0.2) is 0 Å². The van der Waals surface area contributed by atoms with Gasteiger partial charge in [0.2, 0.25) is 0 Å². The van der Waals surface area contributed by atoms with Crippen molar-refractivity contribution in [1.82, 2.24) is 15.3 Å². The standard InChI is InChI=1S/C18H13F4N3O/c1-10(12-4-5-15(24-9-12)18(20,21)22)25-17(26)14-8-13(19)7-11-3-2-6-23-16(11)14/h2-10H,1H3,(H,25,26). The second kappa shape index (κ2) is 6.70. The number of benzene rings is 1. The van der Waals surface area contributed by atoms with Crippen molar-refractivity contribution in [3.8, 4) is 0 Å². The van der Waals surface area contributed by atoms with Crippen LogP contribution in [0.3, 0.4) is 0 Å². The number of amides is 1. The summed E-state index contributed by atoms with van der Waals surface area (Å²) in [6.45, 7) is 1.59. The summed E-state index contributed by atoms with van der Waals surface area (Å²) in [6, 6.07) is 7.05. The summed E-state index contributed by atoms with van der Waals surface area (Å²) in [7, 11) is 0. The van der Waals surface area contributed by atoms with E-state index in [2.05, 4.69) is 15.3 Å². The van der Waals surface area contributed by atoms with Crippen LogP contribution in [0, 0.1) is 5.82 Å². The Morgan fingerprint density at radius 3 is 2.58 bits per heavy atom. The van der Waals surface area contributed by atoms with Crippen LogP contribution in [-0.4, -0.2) is 15.9 Å². The molecule has 2 heterocycles. The molecule has 4 nitrogen and oxygen atoms in total. The van der Waals surface area contributed by atoms with Crippen molar-refractivity contribution in [2.24, 2.45) is 0 Å². The Kier molecular flexibility index (Phi) is 4.58. The van der Waals surface area contributed by atoms with Crippen molar-refractivity contribution in [2.45, 2.75) is 19.1 Å². The van der Waals surface area contributed by atoms with E-state index in [1.807, 2.05) is 0 Å². The van der Waals surface area contributed by atoms with Crippen LogP contribution in [0.25, 0.3) is 10.9 Å². The minimum absolute atomic E-state index is 0.0484. The number of alkyl halides is 3. The van der Waals surface area contributed by atoms with Crippen molar-refractivity contribution >= 4 is 16.8 Å². The number of rotatable bonds is 3. The van der Waals surface area contributed by atoms with Crippen LogP contribution >= 0.6 is 0 Å². The average Bonchev–Trinajstić information content (AvgIpc) is 2.60. The molecule has 8 heteroatoms. The minimum Gasteiger partial charge on any atom is -0.345 e. The highest BCUT2D eigenvalue weighted by Crippen LogP contribution is 2.28. The lowest BCUT2D eigenvalue weighted by Crippen LogP contribution is -2.27. The molecule has 0 saturated heterocycles. The number of carbonyl (C=O) groups excluding carboxylic acids is 1. The first-order valence-electron chi connectivity index (χ1n) is 7.64. The maximum absolute atomic E-state index is 13.7. The topological polar surface area (TPSA) is 54.9 Å². The summed E-state index contributed by atoms with van der Waals surface area (Å²) in [5, 5.41) is 3.10. The third-order valence-corrected chi connectivity index (χ3v) is 3.84. The molecular formula is C18H13F4N3O. The Labute approximate surface area is 145 Å². The van der Waals surface area contributed by atoms with E-state index in [1.54, 1.807) is 19.1 Å². The highest BCUT2D eigenvalue weighted by atomic mass is 19.4. The molecule has 0 bridgehead atoms. The summed E-state index contributed by atoms with van der Waals surface area (Å²) in [5.74, 6) is -1.17. The minimum atomic E-state index is -4.53. The van der Waals surface area contributed by atoms with Gasteiger partial charge in [-0.1, -0.05) is 12.1 Å². The van der Waals surface area contributed by atoms with Crippen molar-refractivity contribution in [1.29, 1.82) is 0 Å². The van der Waals surface area contributed by atoms with E-state index >= 15 is 0 Å². The zero-order chi connectivity index (χ0) is 18.9. The van der Waals surface area contributed by atoms with Gasteiger partial charge in [-0.25, -0.2) is 4.39 Å². The third-order valence-electron chi connectivity index (χ3n) is 3.84. The molecule has 1 aromatic carbocycles.